The number of hydrogen-bond donors (Lipinski definition) is 2. The van der Waals surface area contributed by atoms with Crippen molar-refractivity contribution in [1.29, 1.82) is 0 Å². The Balaban J connectivity index is 0.00000450. The minimum atomic E-state index is -2.85. The number of para-hydroxylation sites is 2. The van der Waals surface area contributed by atoms with Crippen LogP contribution in [0.3, 0.4) is 0 Å². The smallest absolute Gasteiger partial charge is 0.387 e. The second kappa shape index (κ2) is 14.2. The van der Waals surface area contributed by atoms with Gasteiger partial charge in [-0.25, -0.2) is 0 Å². The molecule has 1 aliphatic rings. The summed E-state index contributed by atoms with van der Waals surface area (Å²) in [6.45, 7) is 1.88. The zero-order chi connectivity index (χ0) is 21.1. The number of alkyl halides is 2. The molecule has 1 unspecified atom stereocenters. The number of unbranched alkanes of at least 4 members (excludes halogenated alkanes) is 1. The first kappa shape index (κ1) is 26.2. The fourth-order valence-corrected chi connectivity index (χ4v) is 3.20. The van der Waals surface area contributed by atoms with E-state index in [0.29, 0.717) is 25.2 Å². The molecular formula is C20H31F2IN4O3. The SMILES string of the molecule is CCNC(=NCCCCC(=O)OC)NC1CCN(c2ccccc2OC(F)F)C1.I. The van der Waals surface area contributed by atoms with Gasteiger partial charge in [-0.1, -0.05) is 12.1 Å². The number of halogens is 3. The number of anilines is 1. The quantitative estimate of drug-likeness (QED) is 0.156. The first-order chi connectivity index (χ1) is 14.0. The summed E-state index contributed by atoms with van der Waals surface area (Å²) in [5.41, 5.74) is 0.668. The molecule has 30 heavy (non-hydrogen) atoms. The second-order valence-electron chi connectivity index (χ2n) is 6.72. The first-order valence-corrected chi connectivity index (χ1v) is 9.94. The molecule has 2 rings (SSSR count). The van der Waals surface area contributed by atoms with Crippen molar-refractivity contribution in [2.45, 2.75) is 45.3 Å². The highest BCUT2D eigenvalue weighted by Crippen LogP contribution is 2.31. The molecular weight excluding hydrogens is 509 g/mol. The van der Waals surface area contributed by atoms with Crippen molar-refractivity contribution in [3.8, 4) is 5.75 Å². The number of hydrogen-bond acceptors (Lipinski definition) is 5. The third kappa shape index (κ3) is 8.88. The summed E-state index contributed by atoms with van der Waals surface area (Å²) in [5, 5.41) is 6.62. The molecule has 1 atom stereocenters. The van der Waals surface area contributed by atoms with Gasteiger partial charge in [0, 0.05) is 38.6 Å². The number of guanidine groups is 1. The largest absolute Gasteiger partial charge is 0.469 e. The number of methoxy groups -OCH3 is 1. The van der Waals surface area contributed by atoms with Crippen molar-refractivity contribution in [3.05, 3.63) is 24.3 Å². The van der Waals surface area contributed by atoms with Gasteiger partial charge in [-0.15, -0.1) is 24.0 Å². The lowest BCUT2D eigenvalue weighted by molar-refractivity contribution is -0.140. The fraction of sp³-hybridized carbons (Fsp3) is 0.600. The van der Waals surface area contributed by atoms with Gasteiger partial charge in [-0.3, -0.25) is 9.79 Å². The Hall–Kier alpha value is -1.85. The van der Waals surface area contributed by atoms with Crippen LogP contribution in [0.5, 0.6) is 5.75 Å². The van der Waals surface area contributed by atoms with E-state index in [9.17, 15) is 13.6 Å². The third-order valence-electron chi connectivity index (χ3n) is 4.58. The van der Waals surface area contributed by atoms with Gasteiger partial charge in [-0.2, -0.15) is 8.78 Å². The molecule has 0 amide bonds. The molecule has 1 aliphatic heterocycles. The molecule has 2 N–H and O–H groups in total. The summed E-state index contributed by atoms with van der Waals surface area (Å²) in [6.07, 6.45) is 2.78. The van der Waals surface area contributed by atoms with Crippen LogP contribution in [0.2, 0.25) is 0 Å². The molecule has 0 aliphatic carbocycles. The molecule has 0 radical (unpaired) electrons. The maximum absolute atomic E-state index is 12.7. The summed E-state index contributed by atoms with van der Waals surface area (Å²) in [4.78, 5) is 17.7. The Morgan fingerprint density at radius 1 is 1.33 bits per heavy atom. The predicted molar refractivity (Wildman–Crippen MR) is 124 cm³/mol. The molecule has 0 saturated carbocycles. The lowest BCUT2D eigenvalue weighted by Gasteiger charge is -2.22. The van der Waals surface area contributed by atoms with Crippen LogP contribution < -0.4 is 20.3 Å². The summed E-state index contributed by atoms with van der Waals surface area (Å²) >= 11 is 0. The maximum Gasteiger partial charge on any atom is 0.387 e. The molecule has 1 aromatic rings. The van der Waals surface area contributed by atoms with Gasteiger partial charge >= 0.3 is 12.6 Å². The van der Waals surface area contributed by atoms with E-state index in [0.717, 1.165) is 38.3 Å². The molecule has 7 nitrogen and oxygen atoms in total. The van der Waals surface area contributed by atoms with Crippen molar-refractivity contribution >= 4 is 41.6 Å². The van der Waals surface area contributed by atoms with E-state index in [1.807, 2.05) is 17.9 Å². The highest BCUT2D eigenvalue weighted by molar-refractivity contribution is 14.0. The molecule has 0 bridgehead atoms. The first-order valence-electron chi connectivity index (χ1n) is 9.94. The van der Waals surface area contributed by atoms with Crippen molar-refractivity contribution in [1.82, 2.24) is 10.6 Å². The number of carbonyl (C=O) groups excluding carboxylic acids is 1. The Morgan fingerprint density at radius 2 is 2.10 bits per heavy atom. The average molecular weight is 540 g/mol. The summed E-state index contributed by atoms with van der Waals surface area (Å²) in [7, 11) is 1.39. The molecule has 10 heteroatoms. The summed E-state index contributed by atoms with van der Waals surface area (Å²) < 4.78 is 34.6. The minimum Gasteiger partial charge on any atom is -0.469 e. The monoisotopic (exact) mass is 540 g/mol. The van der Waals surface area contributed by atoms with E-state index in [1.54, 1.807) is 18.2 Å². The van der Waals surface area contributed by atoms with E-state index >= 15 is 0 Å². The standard InChI is InChI=1S/C20H30F2N4O3.HI/c1-3-23-20(24-12-7-6-10-18(27)28-2)25-15-11-13-26(14-15)16-8-4-5-9-17(16)29-19(21)22;/h4-5,8-9,15,19H,3,6-7,10-14H2,1-2H3,(H2,23,24,25);1H. The Morgan fingerprint density at radius 3 is 2.80 bits per heavy atom. The fourth-order valence-electron chi connectivity index (χ4n) is 3.20. The average Bonchev–Trinajstić information content (AvgIpc) is 3.15. The molecule has 1 aromatic carbocycles. The van der Waals surface area contributed by atoms with Crippen LogP contribution in [0.1, 0.15) is 32.6 Å². The van der Waals surface area contributed by atoms with E-state index in [-0.39, 0.29) is 41.7 Å². The topological polar surface area (TPSA) is 75.2 Å². The molecule has 1 heterocycles. The highest BCUT2D eigenvalue weighted by Gasteiger charge is 2.26. The van der Waals surface area contributed by atoms with E-state index in [1.165, 1.54) is 7.11 Å². The number of aliphatic imine (C=N–C) groups is 1. The second-order valence-corrected chi connectivity index (χ2v) is 6.72. The van der Waals surface area contributed by atoms with Gasteiger partial charge in [0.05, 0.1) is 12.8 Å². The normalized spacial score (nSPS) is 16.2. The molecule has 170 valence electrons. The number of carbonyl (C=O) groups is 1. The van der Waals surface area contributed by atoms with Crippen LogP contribution in [0.4, 0.5) is 14.5 Å². The number of benzene rings is 1. The van der Waals surface area contributed by atoms with Crippen molar-refractivity contribution < 1.29 is 23.0 Å². The van der Waals surface area contributed by atoms with Crippen molar-refractivity contribution in [2.75, 3.05) is 38.2 Å². The van der Waals surface area contributed by atoms with Gasteiger partial charge in [0.15, 0.2) is 5.96 Å². The molecule has 1 fully saturated rings. The lowest BCUT2D eigenvalue weighted by atomic mass is 10.2. The number of nitrogens with zero attached hydrogens (tertiary/aromatic N) is 2. The van der Waals surface area contributed by atoms with E-state index < -0.39 is 6.61 Å². The lowest BCUT2D eigenvalue weighted by Crippen LogP contribution is -2.44. The molecule has 1 saturated heterocycles. The van der Waals surface area contributed by atoms with Crippen molar-refractivity contribution in [2.24, 2.45) is 4.99 Å². The number of ether oxygens (including phenoxy) is 2. The third-order valence-corrected chi connectivity index (χ3v) is 4.58. The van der Waals surface area contributed by atoms with Crippen LogP contribution in [0.15, 0.2) is 29.3 Å². The van der Waals surface area contributed by atoms with Gasteiger partial charge < -0.3 is 25.0 Å². The Labute approximate surface area is 193 Å². The number of rotatable bonds is 10. The summed E-state index contributed by atoms with van der Waals surface area (Å²) in [6, 6.07) is 6.99. The molecule has 0 aromatic heterocycles. The predicted octanol–water partition coefficient (Wildman–Crippen LogP) is 3.38. The van der Waals surface area contributed by atoms with Crippen LogP contribution in [-0.4, -0.2) is 57.9 Å². The van der Waals surface area contributed by atoms with Crippen LogP contribution in [-0.2, 0) is 9.53 Å². The zero-order valence-corrected chi connectivity index (χ0v) is 19.7. The minimum absolute atomic E-state index is 0. The molecule has 0 spiro atoms. The Kier molecular flexibility index (Phi) is 12.4. The van der Waals surface area contributed by atoms with Crippen LogP contribution in [0.25, 0.3) is 0 Å². The van der Waals surface area contributed by atoms with Gasteiger partial charge in [-0.05, 0) is 38.3 Å². The van der Waals surface area contributed by atoms with Crippen LogP contribution >= 0.6 is 24.0 Å². The van der Waals surface area contributed by atoms with Crippen LogP contribution in [0, 0.1) is 0 Å². The maximum atomic E-state index is 12.7. The summed E-state index contributed by atoms with van der Waals surface area (Å²) in [5.74, 6) is 0.699. The van der Waals surface area contributed by atoms with Gasteiger partial charge in [0.1, 0.15) is 5.75 Å². The Bertz CT molecular complexity index is 679. The zero-order valence-electron chi connectivity index (χ0n) is 17.4. The number of esters is 1. The van der Waals surface area contributed by atoms with Gasteiger partial charge in [0.25, 0.3) is 0 Å². The van der Waals surface area contributed by atoms with Gasteiger partial charge in [0.2, 0.25) is 0 Å². The number of nitrogens with one attached hydrogen (secondary N) is 2. The highest BCUT2D eigenvalue weighted by atomic mass is 127. The van der Waals surface area contributed by atoms with E-state index in [4.69, 9.17) is 0 Å². The van der Waals surface area contributed by atoms with Crippen molar-refractivity contribution in [3.63, 3.8) is 0 Å². The van der Waals surface area contributed by atoms with E-state index in [2.05, 4.69) is 25.1 Å².